The molecule has 0 heterocycles. The number of aryl methyl sites for hydroxylation is 1. The van der Waals surface area contributed by atoms with Gasteiger partial charge in [0, 0.05) is 19.5 Å². The molecule has 5 nitrogen and oxygen atoms in total. The molecule has 0 bridgehead atoms. The largest absolute Gasteiger partial charge is 0.356 e. The molecule has 0 aliphatic carbocycles. The molecule has 0 aliphatic rings. The van der Waals surface area contributed by atoms with Gasteiger partial charge >= 0.3 is 0 Å². The van der Waals surface area contributed by atoms with Crippen LogP contribution in [-0.2, 0) is 14.8 Å². The van der Waals surface area contributed by atoms with Crippen LogP contribution in [0.4, 0.5) is 5.69 Å². The van der Waals surface area contributed by atoms with Crippen molar-refractivity contribution in [1.29, 1.82) is 0 Å². The highest BCUT2D eigenvalue weighted by Crippen LogP contribution is 2.24. The lowest BCUT2D eigenvalue weighted by Crippen LogP contribution is -2.35. The maximum atomic E-state index is 13.0. The van der Waals surface area contributed by atoms with Crippen molar-refractivity contribution in [1.82, 2.24) is 5.32 Å². The molecule has 1 amide bonds. The van der Waals surface area contributed by atoms with E-state index in [4.69, 9.17) is 0 Å². The molecule has 0 unspecified atom stereocenters. The first-order chi connectivity index (χ1) is 11.9. The van der Waals surface area contributed by atoms with E-state index in [0.29, 0.717) is 12.2 Å². The van der Waals surface area contributed by atoms with E-state index in [-0.39, 0.29) is 23.8 Å². The van der Waals surface area contributed by atoms with Crippen molar-refractivity contribution in [3.05, 3.63) is 60.2 Å². The molecular formula is C19H24N2O3S. The molecule has 2 aromatic rings. The molecule has 6 heteroatoms. The Morgan fingerprint density at radius 1 is 1.04 bits per heavy atom. The van der Waals surface area contributed by atoms with Crippen LogP contribution in [-0.4, -0.2) is 27.4 Å². The molecule has 0 atom stereocenters. The van der Waals surface area contributed by atoms with E-state index in [1.54, 1.807) is 42.5 Å². The molecule has 0 saturated heterocycles. The van der Waals surface area contributed by atoms with Gasteiger partial charge in [0.1, 0.15) is 0 Å². The molecule has 0 spiro atoms. The Kier molecular flexibility index (Phi) is 6.58. The van der Waals surface area contributed by atoms with Crippen LogP contribution in [0.2, 0.25) is 0 Å². The first kappa shape index (κ1) is 19.0. The number of nitrogens with one attached hydrogen (secondary N) is 1. The number of rotatable bonds is 8. The fraction of sp³-hybridized carbons (Fsp3) is 0.316. The monoisotopic (exact) mass is 360 g/mol. The quantitative estimate of drug-likeness (QED) is 0.786. The van der Waals surface area contributed by atoms with E-state index in [1.165, 1.54) is 4.31 Å². The highest BCUT2D eigenvalue weighted by molar-refractivity contribution is 7.92. The Labute approximate surface area is 149 Å². The van der Waals surface area contributed by atoms with Gasteiger partial charge in [-0.2, -0.15) is 0 Å². The van der Waals surface area contributed by atoms with Gasteiger partial charge < -0.3 is 5.32 Å². The first-order valence-electron chi connectivity index (χ1n) is 8.36. The number of carbonyl (C=O) groups is 1. The highest BCUT2D eigenvalue weighted by atomic mass is 32.2. The summed E-state index contributed by atoms with van der Waals surface area (Å²) < 4.78 is 27.4. The van der Waals surface area contributed by atoms with Gasteiger partial charge in [-0.3, -0.25) is 9.10 Å². The van der Waals surface area contributed by atoms with Gasteiger partial charge in [-0.15, -0.1) is 0 Å². The Balaban J connectivity index is 2.29. The van der Waals surface area contributed by atoms with Crippen LogP contribution in [0.25, 0.3) is 0 Å². The summed E-state index contributed by atoms with van der Waals surface area (Å²) in [5.74, 6) is -0.151. The van der Waals surface area contributed by atoms with Crippen LogP contribution in [0.5, 0.6) is 0 Å². The number of hydrogen-bond donors (Lipinski definition) is 1. The van der Waals surface area contributed by atoms with Gasteiger partial charge in [-0.05, 0) is 37.6 Å². The summed E-state index contributed by atoms with van der Waals surface area (Å²) in [4.78, 5) is 12.1. The van der Waals surface area contributed by atoms with Gasteiger partial charge in [0.15, 0.2) is 0 Å². The number of amides is 1. The van der Waals surface area contributed by atoms with E-state index in [2.05, 4.69) is 5.32 Å². The van der Waals surface area contributed by atoms with Crippen molar-refractivity contribution < 1.29 is 13.2 Å². The number of anilines is 1. The van der Waals surface area contributed by atoms with Crippen molar-refractivity contribution in [3.63, 3.8) is 0 Å². The first-order valence-corrected chi connectivity index (χ1v) is 9.80. The van der Waals surface area contributed by atoms with Crippen molar-refractivity contribution >= 4 is 21.6 Å². The molecule has 25 heavy (non-hydrogen) atoms. The fourth-order valence-electron chi connectivity index (χ4n) is 2.37. The topological polar surface area (TPSA) is 66.5 Å². The summed E-state index contributed by atoms with van der Waals surface area (Å²) in [5.41, 5.74) is 1.60. The van der Waals surface area contributed by atoms with E-state index < -0.39 is 10.0 Å². The summed E-state index contributed by atoms with van der Waals surface area (Å²) >= 11 is 0. The standard InChI is InChI=1S/C19H24N2O3S/c1-3-14-20-19(22)13-15-21(17-11-9-16(2)10-12-17)25(23,24)18-7-5-4-6-8-18/h4-12H,3,13-15H2,1-2H3,(H,20,22). The van der Waals surface area contributed by atoms with Crippen molar-refractivity contribution in [3.8, 4) is 0 Å². The second-order valence-corrected chi connectivity index (χ2v) is 7.69. The van der Waals surface area contributed by atoms with Gasteiger partial charge in [0.05, 0.1) is 10.6 Å². The van der Waals surface area contributed by atoms with E-state index >= 15 is 0 Å². The summed E-state index contributed by atoms with van der Waals surface area (Å²) in [6.07, 6.45) is 0.954. The number of carbonyl (C=O) groups excluding carboxylic acids is 1. The van der Waals surface area contributed by atoms with Crippen LogP contribution >= 0.6 is 0 Å². The zero-order valence-electron chi connectivity index (χ0n) is 14.6. The lowest BCUT2D eigenvalue weighted by molar-refractivity contribution is -0.120. The number of hydrogen-bond acceptors (Lipinski definition) is 3. The maximum absolute atomic E-state index is 13.0. The van der Waals surface area contributed by atoms with Crippen molar-refractivity contribution in [2.45, 2.75) is 31.6 Å². The summed E-state index contributed by atoms with van der Waals surface area (Å²) in [6.45, 7) is 4.60. The predicted molar refractivity (Wildman–Crippen MR) is 100 cm³/mol. The third kappa shape index (κ3) is 5.06. The van der Waals surface area contributed by atoms with Crippen LogP contribution in [0.15, 0.2) is 59.5 Å². The summed E-state index contributed by atoms with van der Waals surface area (Å²) in [5, 5.41) is 2.78. The molecule has 0 radical (unpaired) electrons. The van der Waals surface area contributed by atoms with E-state index in [9.17, 15) is 13.2 Å². The molecule has 2 aromatic carbocycles. The normalized spacial score (nSPS) is 11.1. The average Bonchev–Trinajstić information content (AvgIpc) is 2.62. The minimum absolute atomic E-state index is 0.0931. The van der Waals surface area contributed by atoms with Crippen LogP contribution < -0.4 is 9.62 Å². The predicted octanol–water partition coefficient (Wildman–Crippen LogP) is 3.11. The number of sulfonamides is 1. The summed E-state index contributed by atoms with van der Waals surface area (Å²) in [7, 11) is -3.73. The third-order valence-electron chi connectivity index (χ3n) is 3.77. The molecule has 0 fully saturated rings. The average molecular weight is 360 g/mol. The van der Waals surface area contributed by atoms with Crippen LogP contribution in [0.3, 0.4) is 0 Å². The maximum Gasteiger partial charge on any atom is 0.264 e. The molecule has 0 saturated carbocycles. The molecular weight excluding hydrogens is 336 g/mol. The van der Waals surface area contributed by atoms with E-state index in [1.807, 2.05) is 26.0 Å². The zero-order valence-corrected chi connectivity index (χ0v) is 15.4. The fourth-order valence-corrected chi connectivity index (χ4v) is 3.86. The minimum Gasteiger partial charge on any atom is -0.356 e. The number of nitrogens with zero attached hydrogens (tertiary/aromatic N) is 1. The molecule has 2 rings (SSSR count). The Morgan fingerprint density at radius 3 is 2.28 bits per heavy atom. The van der Waals surface area contributed by atoms with Gasteiger partial charge in [-0.25, -0.2) is 8.42 Å². The van der Waals surface area contributed by atoms with Crippen LogP contribution in [0, 0.1) is 6.92 Å². The Morgan fingerprint density at radius 2 is 1.68 bits per heavy atom. The minimum atomic E-state index is -3.73. The van der Waals surface area contributed by atoms with Gasteiger partial charge in [-0.1, -0.05) is 42.8 Å². The lowest BCUT2D eigenvalue weighted by Gasteiger charge is -2.24. The van der Waals surface area contributed by atoms with Gasteiger partial charge in [0.2, 0.25) is 5.91 Å². The number of benzene rings is 2. The second kappa shape index (κ2) is 8.67. The second-order valence-electron chi connectivity index (χ2n) is 5.83. The molecule has 134 valence electrons. The molecule has 1 N–H and O–H groups in total. The zero-order chi connectivity index (χ0) is 18.3. The van der Waals surface area contributed by atoms with Gasteiger partial charge in [0.25, 0.3) is 10.0 Å². The van der Waals surface area contributed by atoms with Crippen LogP contribution in [0.1, 0.15) is 25.3 Å². The highest BCUT2D eigenvalue weighted by Gasteiger charge is 2.25. The Hall–Kier alpha value is -2.34. The smallest absolute Gasteiger partial charge is 0.264 e. The van der Waals surface area contributed by atoms with E-state index in [0.717, 1.165) is 12.0 Å². The third-order valence-corrected chi connectivity index (χ3v) is 5.61. The molecule has 0 aromatic heterocycles. The van der Waals surface area contributed by atoms with Crippen molar-refractivity contribution in [2.75, 3.05) is 17.4 Å². The SMILES string of the molecule is CCCNC(=O)CCN(c1ccc(C)cc1)S(=O)(=O)c1ccccc1. The molecule has 0 aliphatic heterocycles. The Bertz CT molecular complexity index is 787. The summed E-state index contributed by atoms with van der Waals surface area (Å²) in [6, 6.07) is 15.5. The van der Waals surface area contributed by atoms with Crippen molar-refractivity contribution in [2.24, 2.45) is 0 Å². The lowest BCUT2D eigenvalue weighted by atomic mass is 10.2.